The number of hydrogen-bond donors (Lipinski definition) is 1. The summed E-state index contributed by atoms with van der Waals surface area (Å²) in [5.74, 6) is -0.205. The average Bonchev–Trinajstić information content (AvgIpc) is 2.54. The minimum Gasteiger partial charge on any atom is -0.289 e. The van der Waals surface area contributed by atoms with E-state index >= 15 is 0 Å². The van der Waals surface area contributed by atoms with E-state index in [2.05, 4.69) is 4.72 Å². The van der Waals surface area contributed by atoms with E-state index in [9.17, 15) is 13.2 Å². The number of nitrogens with one attached hydrogen (secondary N) is 1. The Kier molecular flexibility index (Phi) is 5.13. The first-order valence-electron chi connectivity index (χ1n) is 6.44. The van der Waals surface area contributed by atoms with Gasteiger partial charge in [-0.2, -0.15) is 0 Å². The fourth-order valence-electron chi connectivity index (χ4n) is 1.76. The predicted molar refractivity (Wildman–Crippen MR) is 87.5 cm³/mol. The average molecular weight is 336 g/mol. The molecule has 0 aliphatic rings. The van der Waals surface area contributed by atoms with E-state index in [1.165, 1.54) is 37.4 Å². The van der Waals surface area contributed by atoms with Crippen LogP contribution in [0.25, 0.3) is 6.08 Å². The van der Waals surface area contributed by atoms with Crippen molar-refractivity contribution in [2.45, 2.75) is 4.90 Å². The molecular formula is C16H14ClNO3S. The highest BCUT2D eigenvalue weighted by atomic mass is 35.5. The number of ketones is 1. The summed E-state index contributed by atoms with van der Waals surface area (Å²) in [4.78, 5) is 12.2. The Bertz CT molecular complexity index is 794. The first-order chi connectivity index (χ1) is 10.4. The van der Waals surface area contributed by atoms with Gasteiger partial charge < -0.3 is 0 Å². The van der Waals surface area contributed by atoms with Crippen LogP contribution in [0.15, 0.2) is 59.5 Å². The first-order valence-corrected chi connectivity index (χ1v) is 8.30. The molecule has 22 heavy (non-hydrogen) atoms. The van der Waals surface area contributed by atoms with Gasteiger partial charge in [0.2, 0.25) is 10.0 Å². The van der Waals surface area contributed by atoms with E-state index in [-0.39, 0.29) is 10.7 Å². The van der Waals surface area contributed by atoms with Gasteiger partial charge in [0.05, 0.1) is 4.90 Å². The number of halogens is 1. The second-order valence-corrected chi connectivity index (χ2v) is 6.80. The molecule has 2 rings (SSSR count). The van der Waals surface area contributed by atoms with Gasteiger partial charge in [0.25, 0.3) is 0 Å². The van der Waals surface area contributed by atoms with E-state index in [1.807, 2.05) is 0 Å². The van der Waals surface area contributed by atoms with Crippen molar-refractivity contribution in [3.63, 3.8) is 0 Å². The van der Waals surface area contributed by atoms with Gasteiger partial charge in [0.1, 0.15) is 0 Å². The van der Waals surface area contributed by atoms with E-state index in [0.29, 0.717) is 10.6 Å². The Balaban J connectivity index is 2.15. The zero-order chi connectivity index (χ0) is 16.2. The van der Waals surface area contributed by atoms with Crippen molar-refractivity contribution in [3.05, 3.63) is 70.8 Å². The van der Waals surface area contributed by atoms with Gasteiger partial charge in [0.15, 0.2) is 5.78 Å². The zero-order valence-electron chi connectivity index (χ0n) is 11.8. The number of rotatable bonds is 5. The molecule has 6 heteroatoms. The number of hydrogen-bond acceptors (Lipinski definition) is 3. The molecule has 114 valence electrons. The summed E-state index contributed by atoms with van der Waals surface area (Å²) < 4.78 is 25.4. The van der Waals surface area contributed by atoms with Crippen LogP contribution in [0.1, 0.15) is 15.9 Å². The van der Waals surface area contributed by atoms with Crippen molar-refractivity contribution >= 4 is 33.5 Å². The van der Waals surface area contributed by atoms with Crippen molar-refractivity contribution in [1.29, 1.82) is 0 Å². The molecule has 0 radical (unpaired) electrons. The quantitative estimate of drug-likeness (QED) is 0.674. The maximum Gasteiger partial charge on any atom is 0.240 e. The highest BCUT2D eigenvalue weighted by molar-refractivity contribution is 7.89. The highest BCUT2D eigenvalue weighted by Crippen LogP contribution is 2.13. The van der Waals surface area contributed by atoms with Gasteiger partial charge >= 0.3 is 0 Å². The van der Waals surface area contributed by atoms with Gasteiger partial charge in [-0.1, -0.05) is 29.8 Å². The molecule has 0 aliphatic carbocycles. The summed E-state index contributed by atoms with van der Waals surface area (Å²) in [6, 6.07) is 12.8. The third-order valence-electron chi connectivity index (χ3n) is 3.02. The summed E-state index contributed by atoms with van der Waals surface area (Å²) in [5.41, 5.74) is 1.27. The van der Waals surface area contributed by atoms with Crippen LogP contribution < -0.4 is 4.72 Å². The van der Waals surface area contributed by atoms with Crippen molar-refractivity contribution < 1.29 is 13.2 Å². The lowest BCUT2D eigenvalue weighted by Gasteiger charge is -2.02. The molecule has 0 atom stereocenters. The van der Waals surface area contributed by atoms with Crippen LogP contribution in [0.4, 0.5) is 0 Å². The second kappa shape index (κ2) is 6.87. The maximum absolute atomic E-state index is 12.0. The van der Waals surface area contributed by atoms with Crippen LogP contribution >= 0.6 is 11.6 Å². The Morgan fingerprint density at radius 1 is 1.05 bits per heavy atom. The molecule has 1 N–H and O–H groups in total. The van der Waals surface area contributed by atoms with Crippen molar-refractivity contribution in [2.24, 2.45) is 0 Å². The van der Waals surface area contributed by atoms with Gasteiger partial charge in [0, 0.05) is 10.6 Å². The lowest BCUT2D eigenvalue weighted by molar-refractivity contribution is 0.104. The summed E-state index contributed by atoms with van der Waals surface area (Å²) >= 11 is 5.79. The van der Waals surface area contributed by atoms with Crippen molar-refractivity contribution in [1.82, 2.24) is 4.72 Å². The number of carbonyl (C=O) groups excluding carboxylic acids is 1. The molecule has 0 saturated heterocycles. The minimum atomic E-state index is -3.49. The minimum absolute atomic E-state index is 0.119. The van der Waals surface area contributed by atoms with Crippen LogP contribution in [0.3, 0.4) is 0 Å². The van der Waals surface area contributed by atoms with Crippen LogP contribution in [0, 0.1) is 0 Å². The molecule has 0 aliphatic heterocycles. The highest BCUT2D eigenvalue weighted by Gasteiger charge is 2.11. The van der Waals surface area contributed by atoms with Crippen LogP contribution in [0.2, 0.25) is 5.02 Å². The molecule has 0 unspecified atom stereocenters. The molecule has 0 spiro atoms. The zero-order valence-corrected chi connectivity index (χ0v) is 13.4. The van der Waals surface area contributed by atoms with E-state index in [0.717, 1.165) is 5.56 Å². The SMILES string of the molecule is CNS(=O)(=O)c1ccc(C(=O)/C=C/c2ccc(Cl)cc2)cc1. The van der Waals surface area contributed by atoms with Gasteiger partial charge in [-0.3, -0.25) is 4.79 Å². The molecular weight excluding hydrogens is 322 g/mol. The first kappa shape index (κ1) is 16.4. The lowest BCUT2D eigenvalue weighted by Crippen LogP contribution is -2.18. The Hall–Kier alpha value is -1.95. The smallest absolute Gasteiger partial charge is 0.240 e. The molecule has 0 fully saturated rings. The Labute approximate surface area is 134 Å². The summed E-state index contributed by atoms with van der Waals surface area (Å²) in [7, 11) is -2.16. The molecule has 2 aromatic rings. The van der Waals surface area contributed by atoms with Crippen molar-refractivity contribution in [2.75, 3.05) is 7.05 Å². The normalized spacial score (nSPS) is 11.7. The lowest BCUT2D eigenvalue weighted by atomic mass is 10.1. The molecule has 0 heterocycles. The standard InChI is InChI=1S/C16H14ClNO3S/c1-18-22(20,21)15-9-5-13(6-10-15)16(19)11-4-12-2-7-14(17)8-3-12/h2-11,18H,1H3/b11-4+. The summed E-state index contributed by atoms with van der Waals surface area (Å²) in [6.07, 6.45) is 3.11. The van der Waals surface area contributed by atoms with Crippen LogP contribution in [0.5, 0.6) is 0 Å². The molecule has 4 nitrogen and oxygen atoms in total. The Morgan fingerprint density at radius 3 is 2.18 bits per heavy atom. The van der Waals surface area contributed by atoms with Crippen LogP contribution in [-0.2, 0) is 10.0 Å². The summed E-state index contributed by atoms with van der Waals surface area (Å²) in [5, 5.41) is 0.629. The monoisotopic (exact) mass is 335 g/mol. The maximum atomic E-state index is 12.0. The third kappa shape index (κ3) is 4.04. The van der Waals surface area contributed by atoms with E-state index < -0.39 is 10.0 Å². The number of sulfonamides is 1. The topological polar surface area (TPSA) is 63.2 Å². The van der Waals surface area contributed by atoms with E-state index in [4.69, 9.17) is 11.6 Å². The molecule has 0 bridgehead atoms. The number of carbonyl (C=O) groups is 1. The van der Waals surface area contributed by atoms with Gasteiger partial charge in [-0.15, -0.1) is 0 Å². The van der Waals surface area contributed by atoms with Crippen molar-refractivity contribution in [3.8, 4) is 0 Å². The Morgan fingerprint density at radius 2 is 1.64 bits per heavy atom. The van der Waals surface area contributed by atoms with Crippen LogP contribution in [-0.4, -0.2) is 21.2 Å². The molecule has 0 amide bonds. The largest absolute Gasteiger partial charge is 0.289 e. The predicted octanol–water partition coefficient (Wildman–Crippen LogP) is 3.14. The molecule has 0 saturated carbocycles. The number of allylic oxidation sites excluding steroid dienone is 1. The third-order valence-corrected chi connectivity index (χ3v) is 4.70. The fourth-order valence-corrected chi connectivity index (χ4v) is 2.61. The fraction of sp³-hybridized carbons (Fsp3) is 0.0625. The number of benzene rings is 2. The second-order valence-electron chi connectivity index (χ2n) is 4.48. The van der Waals surface area contributed by atoms with Gasteiger partial charge in [-0.25, -0.2) is 13.1 Å². The van der Waals surface area contributed by atoms with E-state index in [1.54, 1.807) is 30.3 Å². The molecule has 2 aromatic carbocycles. The van der Waals surface area contributed by atoms with Gasteiger partial charge in [-0.05, 0) is 55.1 Å². The summed E-state index contributed by atoms with van der Waals surface area (Å²) in [6.45, 7) is 0. The molecule has 0 aromatic heterocycles.